The molecule has 0 unspecified atom stereocenters. The normalized spacial score (nSPS) is 14.1. The van der Waals surface area contributed by atoms with Gasteiger partial charge in [-0.25, -0.2) is 9.97 Å². The number of hydrogen-bond donors (Lipinski definition) is 1. The van der Waals surface area contributed by atoms with Gasteiger partial charge in [0, 0.05) is 45.0 Å². The van der Waals surface area contributed by atoms with Crippen molar-refractivity contribution in [2.45, 2.75) is 33.6 Å². The Bertz CT molecular complexity index is 837. The number of nitrogens with one attached hydrogen (secondary N) is 1. The highest BCUT2D eigenvalue weighted by Gasteiger charge is 2.24. The van der Waals surface area contributed by atoms with Crippen molar-refractivity contribution in [3.63, 3.8) is 0 Å². The van der Waals surface area contributed by atoms with E-state index in [1.807, 2.05) is 0 Å². The number of carbonyl (C=O) groups excluding carboxylic acids is 2. The van der Waals surface area contributed by atoms with Crippen molar-refractivity contribution in [2.75, 3.05) is 31.5 Å². The second-order valence-electron chi connectivity index (χ2n) is 6.85. The van der Waals surface area contributed by atoms with Crippen LogP contribution in [-0.4, -0.2) is 57.8 Å². The fraction of sp³-hybridized carbons (Fsp3) is 0.429. The summed E-state index contributed by atoms with van der Waals surface area (Å²) in [6.07, 6.45) is 3.40. The molecule has 1 saturated heterocycles. The van der Waals surface area contributed by atoms with Crippen LogP contribution < -0.4 is 5.32 Å². The van der Waals surface area contributed by atoms with Crippen LogP contribution in [0.3, 0.4) is 0 Å². The second kappa shape index (κ2) is 8.82. The number of carbonyl (C=O) groups is 2. The molecule has 28 heavy (non-hydrogen) atoms. The minimum absolute atomic E-state index is 0.0435. The van der Waals surface area contributed by atoms with E-state index in [9.17, 15) is 9.59 Å². The fourth-order valence-corrected chi connectivity index (χ4v) is 3.44. The second-order valence-corrected chi connectivity index (χ2v) is 6.85. The summed E-state index contributed by atoms with van der Waals surface area (Å²) in [7, 11) is 0. The highest BCUT2D eigenvalue weighted by atomic mass is 16.2. The number of amides is 2. The van der Waals surface area contributed by atoms with Crippen LogP contribution in [0.1, 0.15) is 42.4 Å². The van der Waals surface area contributed by atoms with Gasteiger partial charge >= 0.3 is 0 Å². The van der Waals surface area contributed by atoms with Crippen LogP contribution in [0.5, 0.6) is 0 Å². The summed E-state index contributed by atoms with van der Waals surface area (Å²) in [5.41, 5.74) is 3.77. The SMILES string of the molecule is CCc1cccc(CC)c1Nc1nccc(C(=O)N2CCN(C(C)=O)CC2)n1. The van der Waals surface area contributed by atoms with Crippen LogP contribution in [0, 0.1) is 0 Å². The fourth-order valence-electron chi connectivity index (χ4n) is 3.44. The van der Waals surface area contributed by atoms with Gasteiger partial charge in [0.05, 0.1) is 0 Å². The van der Waals surface area contributed by atoms with Crippen molar-refractivity contribution in [1.29, 1.82) is 0 Å². The zero-order valence-electron chi connectivity index (χ0n) is 16.7. The van der Waals surface area contributed by atoms with Gasteiger partial charge in [-0.15, -0.1) is 0 Å². The predicted octanol–water partition coefficient (Wildman–Crippen LogP) is 2.65. The van der Waals surface area contributed by atoms with E-state index < -0.39 is 0 Å². The average molecular weight is 381 g/mol. The van der Waals surface area contributed by atoms with Crippen LogP contribution in [0.2, 0.25) is 0 Å². The average Bonchev–Trinajstić information content (AvgIpc) is 2.73. The highest BCUT2D eigenvalue weighted by Crippen LogP contribution is 2.25. The molecule has 0 radical (unpaired) electrons. The number of rotatable bonds is 5. The Morgan fingerprint density at radius 1 is 1.00 bits per heavy atom. The molecule has 3 rings (SSSR count). The van der Waals surface area contributed by atoms with Gasteiger partial charge in [0.1, 0.15) is 5.69 Å². The molecule has 1 fully saturated rings. The highest BCUT2D eigenvalue weighted by molar-refractivity contribution is 5.92. The van der Waals surface area contributed by atoms with Crippen LogP contribution in [0.25, 0.3) is 0 Å². The predicted molar refractivity (Wildman–Crippen MR) is 109 cm³/mol. The largest absolute Gasteiger partial charge is 0.339 e. The minimum Gasteiger partial charge on any atom is -0.339 e. The van der Waals surface area contributed by atoms with Gasteiger partial charge in [-0.3, -0.25) is 9.59 Å². The van der Waals surface area contributed by atoms with Gasteiger partial charge in [0.25, 0.3) is 5.91 Å². The molecule has 2 amide bonds. The molecular weight excluding hydrogens is 354 g/mol. The molecule has 1 N–H and O–H groups in total. The van der Waals surface area contributed by atoms with Gasteiger partial charge in [0.2, 0.25) is 11.9 Å². The lowest BCUT2D eigenvalue weighted by Gasteiger charge is -2.34. The third-order valence-electron chi connectivity index (χ3n) is 5.12. The third-order valence-corrected chi connectivity index (χ3v) is 5.12. The topological polar surface area (TPSA) is 78.4 Å². The molecule has 1 aromatic carbocycles. The number of nitrogens with zero attached hydrogens (tertiary/aromatic N) is 4. The summed E-state index contributed by atoms with van der Waals surface area (Å²) in [6.45, 7) is 7.93. The quantitative estimate of drug-likeness (QED) is 0.861. The Labute approximate surface area is 165 Å². The minimum atomic E-state index is -0.131. The number of aryl methyl sites for hydroxylation is 2. The molecule has 0 spiro atoms. The maximum absolute atomic E-state index is 12.8. The summed E-state index contributed by atoms with van der Waals surface area (Å²) >= 11 is 0. The first-order valence-electron chi connectivity index (χ1n) is 9.79. The van der Waals surface area contributed by atoms with E-state index in [0.717, 1.165) is 18.5 Å². The summed E-state index contributed by atoms with van der Waals surface area (Å²) in [5, 5.41) is 3.32. The number of benzene rings is 1. The maximum atomic E-state index is 12.8. The lowest BCUT2D eigenvalue weighted by molar-refractivity contribution is -0.130. The molecule has 148 valence electrons. The molecule has 1 aliphatic rings. The standard InChI is InChI=1S/C21H27N5O2/c1-4-16-7-6-8-17(5-2)19(16)24-21-22-10-9-18(23-21)20(28)26-13-11-25(12-14-26)15(3)27/h6-10H,4-5,11-14H2,1-3H3,(H,22,23,24). The van der Waals surface area contributed by atoms with E-state index in [0.29, 0.717) is 37.8 Å². The number of aromatic nitrogens is 2. The van der Waals surface area contributed by atoms with Crippen LogP contribution in [-0.2, 0) is 17.6 Å². The lowest BCUT2D eigenvalue weighted by Crippen LogP contribution is -2.50. The van der Waals surface area contributed by atoms with Crippen molar-refractivity contribution in [2.24, 2.45) is 0 Å². The Kier molecular flexibility index (Phi) is 6.23. The summed E-state index contributed by atoms with van der Waals surface area (Å²) in [6, 6.07) is 7.87. The van der Waals surface area contributed by atoms with E-state index in [4.69, 9.17) is 0 Å². The summed E-state index contributed by atoms with van der Waals surface area (Å²) in [5.74, 6) is 0.332. The van der Waals surface area contributed by atoms with Crippen LogP contribution in [0.4, 0.5) is 11.6 Å². The van der Waals surface area contributed by atoms with E-state index in [1.54, 1.807) is 29.0 Å². The smallest absolute Gasteiger partial charge is 0.272 e. The maximum Gasteiger partial charge on any atom is 0.272 e. The molecule has 0 atom stereocenters. The molecule has 1 aliphatic heterocycles. The zero-order valence-corrected chi connectivity index (χ0v) is 16.7. The Hall–Kier alpha value is -2.96. The van der Waals surface area contributed by atoms with Gasteiger partial charge in [-0.2, -0.15) is 0 Å². The monoisotopic (exact) mass is 381 g/mol. The van der Waals surface area contributed by atoms with E-state index >= 15 is 0 Å². The van der Waals surface area contributed by atoms with Gasteiger partial charge in [0.15, 0.2) is 0 Å². The Balaban J connectivity index is 1.76. The molecule has 1 aromatic heterocycles. The Morgan fingerprint density at radius 3 is 2.18 bits per heavy atom. The number of piperazine rings is 1. The molecule has 0 saturated carbocycles. The molecular formula is C21H27N5O2. The van der Waals surface area contributed by atoms with Gasteiger partial charge < -0.3 is 15.1 Å². The van der Waals surface area contributed by atoms with Crippen molar-refractivity contribution < 1.29 is 9.59 Å². The first-order chi connectivity index (χ1) is 13.5. The van der Waals surface area contributed by atoms with E-state index in [1.165, 1.54) is 11.1 Å². The summed E-state index contributed by atoms with van der Waals surface area (Å²) in [4.78, 5) is 36.5. The van der Waals surface area contributed by atoms with Gasteiger partial charge in [-0.1, -0.05) is 32.0 Å². The van der Waals surface area contributed by atoms with Crippen molar-refractivity contribution in [3.05, 3.63) is 47.3 Å². The van der Waals surface area contributed by atoms with Crippen molar-refractivity contribution in [3.8, 4) is 0 Å². The molecule has 0 aliphatic carbocycles. The lowest BCUT2D eigenvalue weighted by atomic mass is 10.0. The molecule has 7 nitrogen and oxygen atoms in total. The first kappa shape index (κ1) is 19.8. The first-order valence-corrected chi connectivity index (χ1v) is 9.79. The van der Waals surface area contributed by atoms with Crippen LogP contribution >= 0.6 is 0 Å². The number of hydrogen-bond acceptors (Lipinski definition) is 5. The molecule has 2 heterocycles. The summed E-state index contributed by atoms with van der Waals surface area (Å²) < 4.78 is 0. The van der Waals surface area contributed by atoms with E-state index in [-0.39, 0.29) is 11.8 Å². The van der Waals surface area contributed by atoms with Gasteiger partial charge in [-0.05, 0) is 30.0 Å². The van der Waals surface area contributed by atoms with E-state index in [2.05, 4.69) is 47.3 Å². The molecule has 7 heteroatoms. The van der Waals surface area contributed by atoms with Crippen molar-refractivity contribution >= 4 is 23.5 Å². The number of para-hydroxylation sites is 1. The van der Waals surface area contributed by atoms with Crippen LogP contribution in [0.15, 0.2) is 30.5 Å². The number of anilines is 2. The molecule has 2 aromatic rings. The zero-order chi connectivity index (χ0) is 20.1. The van der Waals surface area contributed by atoms with Crippen molar-refractivity contribution in [1.82, 2.24) is 19.8 Å². The third kappa shape index (κ3) is 4.30. The molecule has 0 bridgehead atoms. The Morgan fingerprint density at radius 2 is 1.61 bits per heavy atom.